The summed E-state index contributed by atoms with van der Waals surface area (Å²) in [6, 6.07) is 0. The van der Waals surface area contributed by atoms with Crippen LogP contribution in [-0.4, -0.2) is 4.43 Å². The van der Waals surface area contributed by atoms with E-state index in [0.29, 0.717) is 0 Å². The van der Waals surface area contributed by atoms with E-state index < -0.39 is 0 Å². The molecule has 0 aliphatic rings. The first kappa shape index (κ1) is 14.7. The molecule has 1 heteroatoms. The standard InChI is InChI=1S/C13H27I/c1-3-5-9-13(10-6-4-2)11-7-8-12-14/h13H,3-12H2,1-2H3. The highest BCUT2D eigenvalue weighted by Gasteiger charge is 2.06. The van der Waals surface area contributed by atoms with Crippen molar-refractivity contribution >= 4 is 22.6 Å². The zero-order valence-electron chi connectivity index (χ0n) is 10.0. The van der Waals surface area contributed by atoms with Crippen molar-refractivity contribution in [2.45, 2.75) is 71.6 Å². The lowest BCUT2D eigenvalue weighted by Crippen LogP contribution is -2.01. The predicted molar refractivity (Wildman–Crippen MR) is 75.3 cm³/mol. The first-order valence-corrected chi connectivity index (χ1v) is 7.93. The topological polar surface area (TPSA) is 0 Å². The van der Waals surface area contributed by atoms with Gasteiger partial charge in [-0.2, -0.15) is 0 Å². The summed E-state index contributed by atoms with van der Waals surface area (Å²) in [7, 11) is 0. The molecule has 0 radical (unpaired) electrons. The van der Waals surface area contributed by atoms with Crippen molar-refractivity contribution in [2.24, 2.45) is 5.92 Å². The number of alkyl halides is 1. The molecule has 0 aliphatic heterocycles. The Kier molecular flexibility index (Phi) is 12.4. The zero-order chi connectivity index (χ0) is 10.6. The van der Waals surface area contributed by atoms with E-state index in [9.17, 15) is 0 Å². The van der Waals surface area contributed by atoms with E-state index in [1.54, 1.807) is 0 Å². The second-order valence-electron chi connectivity index (χ2n) is 4.34. The van der Waals surface area contributed by atoms with Crippen LogP contribution in [0.4, 0.5) is 0 Å². The number of hydrogen-bond donors (Lipinski definition) is 0. The summed E-state index contributed by atoms with van der Waals surface area (Å²) in [4.78, 5) is 0. The average molecular weight is 310 g/mol. The molecule has 0 atom stereocenters. The number of hydrogen-bond acceptors (Lipinski definition) is 0. The third-order valence-corrected chi connectivity index (χ3v) is 3.69. The monoisotopic (exact) mass is 310 g/mol. The van der Waals surface area contributed by atoms with E-state index in [-0.39, 0.29) is 0 Å². The molecular formula is C13H27I. The number of unbranched alkanes of at least 4 members (excludes halogenated alkanes) is 3. The van der Waals surface area contributed by atoms with Crippen LogP contribution in [0.5, 0.6) is 0 Å². The largest absolute Gasteiger partial charge is 0.0864 e. The van der Waals surface area contributed by atoms with E-state index >= 15 is 0 Å². The van der Waals surface area contributed by atoms with Gasteiger partial charge < -0.3 is 0 Å². The van der Waals surface area contributed by atoms with Gasteiger partial charge in [0.2, 0.25) is 0 Å². The van der Waals surface area contributed by atoms with E-state index in [2.05, 4.69) is 36.4 Å². The summed E-state index contributed by atoms with van der Waals surface area (Å²) in [5.74, 6) is 1.04. The third-order valence-electron chi connectivity index (χ3n) is 2.93. The molecule has 0 saturated carbocycles. The van der Waals surface area contributed by atoms with Crippen molar-refractivity contribution in [3.8, 4) is 0 Å². The first-order chi connectivity index (χ1) is 6.85. The minimum Gasteiger partial charge on any atom is -0.0864 e. The Labute approximate surface area is 104 Å². The van der Waals surface area contributed by atoms with E-state index in [1.807, 2.05) is 0 Å². The fourth-order valence-electron chi connectivity index (χ4n) is 1.95. The lowest BCUT2D eigenvalue weighted by molar-refractivity contribution is 0.383. The molecule has 86 valence electrons. The summed E-state index contributed by atoms with van der Waals surface area (Å²) in [6.07, 6.45) is 13.0. The van der Waals surface area contributed by atoms with Crippen LogP contribution in [0.1, 0.15) is 71.6 Å². The zero-order valence-corrected chi connectivity index (χ0v) is 12.2. The highest BCUT2D eigenvalue weighted by atomic mass is 127. The Balaban J connectivity index is 3.49. The highest BCUT2D eigenvalue weighted by molar-refractivity contribution is 14.1. The second-order valence-corrected chi connectivity index (χ2v) is 5.41. The minimum atomic E-state index is 1.04. The van der Waals surface area contributed by atoms with Gasteiger partial charge in [-0.3, -0.25) is 0 Å². The molecule has 0 N–H and O–H groups in total. The van der Waals surface area contributed by atoms with Gasteiger partial charge in [0.1, 0.15) is 0 Å². The molecule has 0 nitrogen and oxygen atoms in total. The summed E-state index contributed by atoms with van der Waals surface area (Å²) >= 11 is 2.49. The van der Waals surface area contributed by atoms with Crippen LogP contribution in [0.2, 0.25) is 0 Å². The smallest absolute Gasteiger partial charge is 0.000473 e. The minimum absolute atomic E-state index is 1.04. The third kappa shape index (κ3) is 9.29. The SMILES string of the molecule is CCCCC(CCCC)CCCCI. The lowest BCUT2D eigenvalue weighted by atomic mass is 9.91. The molecule has 0 aromatic carbocycles. The van der Waals surface area contributed by atoms with Crippen LogP contribution in [0.3, 0.4) is 0 Å². The van der Waals surface area contributed by atoms with Crippen LogP contribution < -0.4 is 0 Å². The molecule has 0 fully saturated rings. The van der Waals surface area contributed by atoms with Gasteiger partial charge in [0.25, 0.3) is 0 Å². The molecule has 14 heavy (non-hydrogen) atoms. The summed E-state index contributed by atoms with van der Waals surface area (Å²) in [5.41, 5.74) is 0. The molecule has 0 aromatic rings. The van der Waals surface area contributed by atoms with Gasteiger partial charge in [-0.1, -0.05) is 87.8 Å². The van der Waals surface area contributed by atoms with Gasteiger partial charge in [0, 0.05) is 0 Å². The van der Waals surface area contributed by atoms with E-state index in [4.69, 9.17) is 0 Å². The predicted octanol–water partition coefficient (Wildman–Crippen LogP) is 5.59. The second kappa shape index (κ2) is 11.8. The van der Waals surface area contributed by atoms with Crippen LogP contribution in [0, 0.1) is 5.92 Å². The van der Waals surface area contributed by atoms with Crippen molar-refractivity contribution in [3.63, 3.8) is 0 Å². The fourth-order valence-corrected chi connectivity index (χ4v) is 2.49. The maximum Gasteiger partial charge on any atom is -0.000473 e. The molecule has 0 heterocycles. The summed E-state index contributed by atoms with van der Waals surface area (Å²) in [6.45, 7) is 4.61. The maximum atomic E-state index is 2.49. The number of halogens is 1. The molecule has 0 rings (SSSR count). The van der Waals surface area contributed by atoms with Gasteiger partial charge in [0.05, 0.1) is 0 Å². The average Bonchev–Trinajstić information content (AvgIpc) is 2.21. The van der Waals surface area contributed by atoms with Crippen molar-refractivity contribution in [3.05, 3.63) is 0 Å². The van der Waals surface area contributed by atoms with Gasteiger partial charge >= 0.3 is 0 Å². The number of rotatable bonds is 10. The molecule has 0 aromatic heterocycles. The van der Waals surface area contributed by atoms with Gasteiger partial charge in [-0.25, -0.2) is 0 Å². The van der Waals surface area contributed by atoms with Gasteiger partial charge in [-0.15, -0.1) is 0 Å². The molecule has 0 bridgehead atoms. The molecule has 0 aliphatic carbocycles. The van der Waals surface area contributed by atoms with Crippen molar-refractivity contribution in [1.82, 2.24) is 0 Å². The highest BCUT2D eigenvalue weighted by Crippen LogP contribution is 2.22. The maximum absolute atomic E-state index is 2.49. The molecule has 0 unspecified atom stereocenters. The van der Waals surface area contributed by atoms with Crippen molar-refractivity contribution in [2.75, 3.05) is 4.43 Å². The van der Waals surface area contributed by atoms with E-state index in [0.717, 1.165) is 5.92 Å². The summed E-state index contributed by atoms with van der Waals surface area (Å²) < 4.78 is 1.34. The lowest BCUT2D eigenvalue weighted by Gasteiger charge is -2.15. The Bertz CT molecular complexity index is 93.4. The fraction of sp³-hybridized carbons (Fsp3) is 1.00. The molecule has 0 spiro atoms. The normalized spacial score (nSPS) is 11.1. The van der Waals surface area contributed by atoms with Crippen molar-refractivity contribution in [1.29, 1.82) is 0 Å². The van der Waals surface area contributed by atoms with Gasteiger partial charge in [0.15, 0.2) is 0 Å². The Morgan fingerprint density at radius 3 is 1.71 bits per heavy atom. The summed E-state index contributed by atoms with van der Waals surface area (Å²) in [5, 5.41) is 0. The van der Waals surface area contributed by atoms with Crippen LogP contribution in [-0.2, 0) is 0 Å². The molecule has 0 saturated heterocycles. The Morgan fingerprint density at radius 1 is 0.786 bits per heavy atom. The van der Waals surface area contributed by atoms with Gasteiger partial charge in [-0.05, 0) is 16.8 Å². The Morgan fingerprint density at radius 2 is 1.29 bits per heavy atom. The van der Waals surface area contributed by atoms with Crippen LogP contribution in [0.25, 0.3) is 0 Å². The molecular weight excluding hydrogens is 283 g/mol. The quantitative estimate of drug-likeness (QED) is 0.280. The first-order valence-electron chi connectivity index (χ1n) is 6.41. The van der Waals surface area contributed by atoms with Crippen LogP contribution >= 0.6 is 22.6 Å². The Hall–Kier alpha value is 0.730. The van der Waals surface area contributed by atoms with Crippen molar-refractivity contribution < 1.29 is 0 Å². The van der Waals surface area contributed by atoms with E-state index in [1.165, 1.54) is 62.2 Å². The van der Waals surface area contributed by atoms with Crippen LogP contribution in [0.15, 0.2) is 0 Å². The molecule has 0 amide bonds.